The Bertz CT molecular complexity index is 795. The van der Waals surface area contributed by atoms with Crippen LogP contribution in [-0.4, -0.2) is 49.4 Å². The van der Waals surface area contributed by atoms with E-state index in [1.807, 2.05) is 36.4 Å². The van der Waals surface area contributed by atoms with Crippen LogP contribution in [0.15, 0.2) is 60.7 Å². The van der Waals surface area contributed by atoms with E-state index >= 15 is 0 Å². The second-order valence-corrected chi connectivity index (χ2v) is 6.95. The van der Waals surface area contributed by atoms with Crippen molar-refractivity contribution in [2.75, 3.05) is 6.61 Å². The van der Waals surface area contributed by atoms with Crippen molar-refractivity contribution in [3.63, 3.8) is 0 Å². The molecule has 3 aliphatic heterocycles. The number of epoxide rings is 1. The molecule has 0 unspecified atom stereocenters. The van der Waals surface area contributed by atoms with Crippen molar-refractivity contribution < 1.29 is 28.5 Å². The number of benzene rings is 2. The van der Waals surface area contributed by atoms with Crippen LogP contribution in [0.25, 0.3) is 0 Å². The smallest absolute Gasteiger partial charge is 0.338 e. The van der Waals surface area contributed by atoms with Crippen molar-refractivity contribution >= 4 is 5.97 Å². The van der Waals surface area contributed by atoms with Crippen LogP contribution in [0.4, 0.5) is 0 Å². The molecule has 6 heteroatoms. The maximum Gasteiger partial charge on any atom is 0.338 e. The van der Waals surface area contributed by atoms with Gasteiger partial charge in [-0.25, -0.2) is 4.79 Å². The molecule has 2 aromatic rings. The summed E-state index contributed by atoms with van der Waals surface area (Å²) in [6.07, 6.45) is -1.91. The van der Waals surface area contributed by atoms with Crippen LogP contribution in [0.1, 0.15) is 15.9 Å². The fraction of sp³-hybridized carbons (Fsp3) is 0.381. The zero-order valence-electron chi connectivity index (χ0n) is 14.6. The maximum absolute atomic E-state index is 12.5. The van der Waals surface area contributed by atoms with Crippen molar-refractivity contribution in [2.45, 2.75) is 43.4 Å². The summed E-state index contributed by atoms with van der Waals surface area (Å²) in [5, 5.41) is 0. The van der Waals surface area contributed by atoms with Crippen LogP contribution >= 0.6 is 0 Å². The summed E-state index contributed by atoms with van der Waals surface area (Å²) in [6.45, 7) is 0.866. The molecule has 3 saturated heterocycles. The van der Waals surface area contributed by atoms with Gasteiger partial charge in [-0.1, -0.05) is 48.5 Å². The lowest BCUT2D eigenvalue weighted by Crippen LogP contribution is -2.46. The summed E-state index contributed by atoms with van der Waals surface area (Å²) in [5.41, 5.74) is 1.60. The minimum Gasteiger partial charge on any atom is -0.453 e. The third-order valence-electron chi connectivity index (χ3n) is 5.09. The highest BCUT2D eigenvalue weighted by Crippen LogP contribution is 2.45. The van der Waals surface area contributed by atoms with Gasteiger partial charge < -0.3 is 23.7 Å². The monoisotopic (exact) mass is 368 g/mol. The quantitative estimate of drug-likeness (QED) is 0.576. The highest BCUT2D eigenvalue weighted by atomic mass is 16.8. The van der Waals surface area contributed by atoms with Crippen molar-refractivity contribution in [2.24, 2.45) is 0 Å². The maximum atomic E-state index is 12.5. The van der Waals surface area contributed by atoms with Crippen LogP contribution in [0.2, 0.25) is 0 Å². The lowest BCUT2D eigenvalue weighted by molar-refractivity contribution is -0.109. The molecule has 6 nitrogen and oxygen atoms in total. The van der Waals surface area contributed by atoms with E-state index in [0.29, 0.717) is 18.8 Å². The van der Waals surface area contributed by atoms with Crippen molar-refractivity contribution in [1.82, 2.24) is 0 Å². The van der Waals surface area contributed by atoms with E-state index in [-0.39, 0.29) is 30.4 Å². The molecular weight excluding hydrogens is 348 g/mol. The number of esters is 1. The van der Waals surface area contributed by atoms with Gasteiger partial charge in [0.2, 0.25) is 0 Å². The first-order valence-corrected chi connectivity index (χ1v) is 9.14. The van der Waals surface area contributed by atoms with E-state index in [1.54, 1.807) is 24.3 Å². The number of hydrogen-bond donors (Lipinski definition) is 0. The first-order chi connectivity index (χ1) is 13.3. The highest BCUT2D eigenvalue weighted by Gasteiger charge is 2.66. The first-order valence-electron chi connectivity index (χ1n) is 9.14. The van der Waals surface area contributed by atoms with Crippen LogP contribution in [-0.2, 0) is 30.3 Å². The van der Waals surface area contributed by atoms with Crippen molar-refractivity contribution in [1.29, 1.82) is 0 Å². The van der Waals surface area contributed by atoms with Crippen LogP contribution in [0.5, 0.6) is 0 Å². The van der Waals surface area contributed by atoms with Gasteiger partial charge in [0.15, 0.2) is 12.4 Å². The summed E-state index contributed by atoms with van der Waals surface area (Å²) < 4.78 is 29.0. The Labute approximate surface area is 156 Å². The molecule has 0 aromatic heterocycles. The molecule has 2 bridgehead atoms. The lowest BCUT2D eigenvalue weighted by atomic mass is 10.0. The van der Waals surface area contributed by atoms with E-state index in [4.69, 9.17) is 23.7 Å². The van der Waals surface area contributed by atoms with Crippen molar-refractivity contribution in [3.8, 4) is 0 Å². The Balaban J connectivity index is 1.23. The predicted molar refractivity (Wildman–Crippen MR) is 93.9 cm³/mol. The molecule has 140 valence electrons. The Morgan fingerprint density at radius 2 is 1.59 bits per heavy atom. The standard InChI is InChI=1S/C21H20O6/c22-20(14-9-5-2-6-10-14)26-17-16-15(24-21(27-16)19-18(17)25-19)12-23-11-13-7-3-1-4-8-13/h1-10,15-19,21H,11-12H2/t15-,16+,17-,18+,19+,21+/m1/s1. The molecule has 5 rings (SSSR count). The lowest BCUT2D eigenvalue weighted by Gasteiger charge is -2.26. The number of fused-ring (bicyclic) bond motifs is 4. The summed E-state index contributed by atoms with van der Waals surface area (Å²) in [5.74, 6) is -0.382. The molecule has 3 heterocycles. The molecule has 0 aliphatic carbocycles. The third kappa shape index (κ3) is 3.37. The molecule has 3 aliphatic rings. The van der Waals surface area contributed by atoms with Gasteiger partial charge in [0, 0.05) is 0 Å². The van der Waals surface area contributed by atoms with E-state index in [2.05, 4.69) is 0 Å². The number of carbonyl (C=O) groups is 1. The number of hydrogen-bond acceptors (Lipinski definition) is 6. The Hall–Kier alpha value is -2.25. The molecule has 0 amide bonds. The van der Waals surface area contributed by atoms with Gasteiger partial charge in [-0.3, -0.25) is 0 Å². The SMILES string of the molecule is O=C(O[C@H]1[C@@H]2O[C@@H]2[C@@H]2O[C@H]1[C@@H](COCc1ccccc1)O2)c1ccccc1. The van der Waals surface area contributed by atoms with Gasteiger partial charge >= 0.3 is 5.97 Å². The average Bonchev–Trinajstić information content (AvgIpc) is 3.43. The number of ether oxygens (including phenoxy) is 5. The Kier molecular flexibility index (Phi) is 4.41. The summed E-state index contributed by atoms with van der Waals surface area (Å²) in [7, 11) is 0. The average molecular weight is 368 g/mol. The number of rotatable bonds is 6. The highest BCUT2D eigenvalue weighted by molar-refractivity contribution is 5.89. The zero-order chi connectivity index (χ0) is 18.2. The molecule has 6 atom stereocenters. The minimum absolute atomic E-state index is 0.166. The molecule has 0 saturated carbocycles. The summed E-state index contributed by atoms with van der Waals surface area (Å²) >= 11 is 0. The van der Waals surface area contributed by atoms with Crippen molar-refractivity contribution in [3.05, 3.63) is 71.8 Å². The van der Waals surface area contributed by atoms with E-state index < -0.39 is 12.4 Å². The van der Waals surface area contributed by atoms with E-state index in [1.165, 1.54) is 0 Å². The molecule has 3 fully saturated rings. The third-order valence-corrected chi connectivity index (χ3v) is 5.09. The zero-order valence-corrected chi connectivity index (χ0v) is 14.6. The van der Waals surface area contributed by atoms with Gasteiger partial charge in [0.05, 0.1) is 18.8 Å². The van der Waals surface area contributed by atoms with Crippen LogP contribution < -0.4 is 0 Å². The second kappa shape index (κ2) is 7.05. The number of carbonyl (C=O) groups excluding carboxylic acids is 1. The Morgan fingerprint density at radius 1 is 0.852 bits per heavy atom. The molecule has 27 heavy (non-hydrogen) atoms. The van der Waals surface area contributed by atoms with Gasteiger partial charge in [0.1, 0.15) is 24.4 Å². The van der Waals surface area contributed by atoms with Crippen LogP contribution in [0, 0.1) is 0 Å². The normalized spacial score (nSPS) is 33.3. The topological polar surface area (TPSA) is 66.5 Å². The predicted octanol–water partition coefficient (Wildman–Crippen LogP) is 2.32. The van der Waals surface area contributed by atoms with E-state index in [0.717, 1.165) is 5.56 Å². The molecular formula is C21H20O6. The van der Waals surface area contributed by atoms with Crippen LogP contribution in [0.3, 0.4) is 0 Å². The fourth-order valence-corrected chi connectivity index (χ4v) is 3.68. The molecule has 0 N–H and O–H groups in total. The Morgan fingerprint density at radius 3 is 2.37 bits per heavy atom. The molecule has 0 radical (unpaired) electrons. The van der Waals surface area contributed by atoms with Gasteiger partial charge in [-0.2, -0.15) is 0 Å². The summed E-state index contributed by atoms with van der Waals surface area (Å²) in [6, 6.07) is 18.9. The fourth-order valence-electron chi connectivity index (χ4n) is 3.68. The molecule has 0 spiro atoms. The second-order valence-electron chi connectivity index (χ2n) is 6.95. The van der Waals surface area contributed by atoms with Gasteiger partial charge in [-0.05, 0) is 17.7 Å². The largest absolute Gasteiger partial charge is 0.453 e. The summed E-state index contributed by atoms with van der Waals surface area (Å²) in [4.78, 5) is 12.5. The van der Waals surface area contributed by atoms with Gasteiger partial charge in [-0.15, -0.1) is 0 Å². The molecule has 2 aromatic carbocycles. The van der Waals surface area contributed by atoms with Gasteiger partial charge in [0.25, 0.3) is 0 Å². The first kappa shape index (κ1) is 16.9. The minimum atomic E-state index is -0.494. The van der Waals surface area contributed by atoms with E-state index in [9.17, 15) is 4.79 Å².